The normalized spacial score (nSPS) is 10.4. The van der Waals surface area contributed by atoms with E-state index in [4.69, 9.17) is 12.2 Å². The Bertz CT molecular complexity index is 715. The largest absolute Gasteiger partial charge is 0.508 e. The topological polar surface area (TPSA) is 56.3 Å². The van der Waals surface area contributed by atoms with Gasteiger partial charge in [0.1, 0.15) is 10.4 Å². The van der Waals surface area contributed by atoms with Crippen molar-refractivity contribution >= 4 is 34.1 Å². The van der Waals surface area contributed by atoms with E-state index in [0.717, 1.165) is 4.47 Å². The summed E-state index contributed by atoms with van der Waals surface area (Å²) in [5.74, 6) is 0.0152. The molecule has 6 heteroatoms. The van der Waals surface area contributed by atoms with E-state index in [-0.39, 0.29) is 11.7 Å². The number of hydrogen-bond acceptors (Lipinski definition) is 3. The molecule has 0 radical (unpaired) electrons. The monoisotopic (exact) mass is 366 g/mol. The van der Waals surface area contributed by atoms with E-state index in [1.54, 1.807) is 41.4 Å². The number of aromatic amines is 1. The number of phenolic OH excluding ortho intramolecular Hbond substituents is 1. The first-order valence-corrected chi connectivity index (χ1v) is 7.67. The number of rotatable bonds is 4. The van der Waals surface area contributed by atoms with E-state index in [1.807, 2.05) is 6.92 Å². The molecular formula is C15H15BrN2O2S. The van der Waals surface area contributed by atoms with E-state index in [9.17, 15) is 9.90 Å². The molecule has 2 N–H and O–H groups in total. The van der Waals surface area contributed by atoms with Crippen LogP contribution in [0.5, 0.6) is 5.75 Å². The summed E-state index contributed by atoms with van der Waals surface area (Å²) in [6.45, 7) is 2.74. The molecule has 0 saturated carbocycles. The van der Waals surface area contributed by atoms with Gasteiger partial charge in [-0.05, 0) is 37.3 Å². The van der Waals surface area contributed by atoms with Crippen molar-refractivity contribution in [2.75, 3.05) is 6.54 Å². The molecule has 1 heterocycles. The molecule has 21 heavy (non-hydrogen) atoms. The number of amides is 1. The highest BCUT2D eigenvalue weighted by Crippen LogP contribution is 2.23. The fourth-order valence-corrected chi connectivity index (χ4v) is 2.61. The minimum absolute atomic E-state index is 0.154. The van der Waals surface area contributed by atoms with Crippen molar-refractivity contribution in [3.8, 4) is 5.75 Å². The van der Waals surface area contributed by atoms with Crippen molar-refractivity contribution in [1.82, 2.24) is 9.88 Å². The molecule has 0 bridgehead atoms. The van der Waals surface area contributed by atoms with Crippen LogP contribution in [0.3, 0.4) is 0 Å². The van der Waals surface area contributed by atoms with Crippen molar-refractivity contribution in [3.05, 3.63) is 56.8 Å². The van der Waals surface area contributed by atoms with Crippen LogP contribution in [-0.2, 0) is 6.54 Å². The van der Waals surface area contributed by atoms with Crippen LogP contribution in [0.15, 0.2) is 41.0 Å². The maximum absolute atomic E-state index is 12.5. The van der Waals surface area contributed by atoms with Crippen LogP contribution in [0.4, 0.5) is 0 Å². The highest BCUT2D eigenvalue weighted by atomic mass is 79.9. The van der Waals surface area contributed by atoms with Crippen molar-refractivity contribution in [2.45, 2.75) is 13.5 Å². The summed E-state index contributed by atoms with van der Waals surface area (Å²) in [5, 5.41) is 9.90. The van der Waals surface area contributed by atoms with Gasteiger partial charge < -0.3 is 15.0 Å². The predicted molar refractivity (Wildman–Crippen MR) is 87.8 cm³/mol. The molecule has 1 amide bonds. The lowest BCUT2D eigenvalue weighted by Crippen LogP contribution is -2.30. The van der Waals surface area contributed by atoms with Gasteiger partial charge in [0.05, 0.1) is 5.56 Å². The van der Waals surface area contributed by atoms with Crippen molar-refractivity contribution in [1.29, 1.82) is 0 Å². The lowest BCUT2D eigenvalue weighted by molar-refractivity contribution is 0.0750. The fraction of sp³-hybridized carbons (Fsp3) is 0.200. The van der Waals surface area contributed by atoms with E-state index in [0.29, 0.717) is 28.9 Å². The van der Waals surface area contributed by atoms with Gasteiger partial charge in [0.25, 0.3) is 5.91 Å². The van der Waals surface area contributed by atoms with Crippen LogP contribution >= 0.6 is 28.1 Å². The standard InChI is InChI=1S/C15H15BrN2O2S/c1-2-18(9-10-8-11(16)5-6-13(10)19)15(20)12-4-3-7-17-14(12)21/h3-8,19H,2,9H2,1H3,(H,17,21). The number of carbonyl (C=O) groups excluding carboxylic acids is 1. The van der Waals surface area contributed by atoms with Gasteiger partial charge >= 0.3 is 0 Å². The van der Waals surface area contributed by atoms with E-state index in [1.165, 1.54) is 0 Å². The number of phenols is 1. The van der Waals surface area contributed by atoms with Gasteiger partial charge in [0.15, 0.2) is 0 Å². The number of carbonyl (C=O) groups is 1. The maximum atomic E-state index is 12.5. The highest BCUT2D eigenvalue weighted by molar-refractivity contribution is 9.10. The number of pyridine rings is 1. The van der Waals surface area contributed by atoms with E-state index >= 15 is 0 Å². The van der Waals surface area contributed by atoms with Gasteiger partial charge in [0.2, 0.25) is 0 Å². The summed E-state index contributed by atoms with van der Waals surface area (Å²) < 4.78 is 1.27. The van der Waals surface area contributed by atoms with E-state index < -0.39 is 0 Å². The molecule has 2 aromatic rings. The van der Waals surface area contributed by atoms with Crippen molar-refractivity contribution in [3.63, 3.8) is 0 Å². The number of nitrogens with zero attached hydrogens (tertiary/aromatic N) is 1. The molecule has 4 nitrogen and oxygen atoms in total. The first kappa shape index (κ1) is 15.7. The molecule has 0 atom stereocenters. The van der Waals surface area contributed by atoms with Crippen LogP contribution in [0.1, 0.15) is 22.8 Å². The first-order valence-electron chi connectivity index (χ1n) is 6.47. The molecule has 1 aromatic carbocycles. The van der Waals surface area contributed by atoms with Crippen LogP contribution in [0.2, 0.25) is 0 Å². The zero-order chi connectivity index (χ0) is 15.4. The molecule has 110 valence electrons. The second-order valence-electron chi connectivity index (χ2n) is 4.51. The number of halogens is 1. The average molecular weight is 367 g/mol. The summed E-state index contributed by atoms with van der Waals surface area (Å²) in [6, 6.07) is 8.60. The number of nitrogens with one attached hydrogen (secondary N) is 1. The molecule has 0 unspecified atom stereocenters. The molecule has 0 saturated heterocycles. The van der Waals surface area contributed by atoms with Gasteiger partial charge in [-0.3, -0.25) is 4.79 Å². The Balaban J connectivity index is 2.28. The Morgan fingerprint density at radius 1 is 1.43 bits per heavy atom. The van der Waals surface area contributed by atoms with Crippen LogP contribution in [0.25, 0.3) is 0 Å². The van der Waals surface area contributed by atoms with Gasteiger partial charge in [-0.15, -0.1) is 0 Å². The summed E-state index contributed by atoms with van der Waals surface area (Å²) in [7, 11) is 0. The van der Waals surface area contributed by atoms with Crippen LogP contribution in [0, 0.1) is 4.64 Å². The van der Waals surface area contributed by atoms with Gasteiger partial charge in [0, 0.05) is 29.3 Å². The minimum atomic E-state index is -0.154. The van der Waals surface area contributed by atoms with Crippen molar-refractivity contribution in [2.24, 2.45) is 0 Å². The molecule has 1 aromatic heterocycles. The third-order valence-electron chi connectivity index (χ3n) is 3.12. The van der Waals surface area contributed by atoms with Gasteiger partial charge in [-0.25, -0.2) is 0 Å². The zero-order valence-corrected chi connectivity index (χ0v) is 13.9. The lowest BCUT2D eigenvalue weighted by Gasteiger charge is -2.21. The molecule has 0 spiro atoms. The number of benzene rings is 1. The summed E-state index contributed by atoms with van der Waals surface area (Å²) in [6.07, 6.45) is 1.69. The second-order valence-corrected chi connectivity index (χ2v) is 5.83. The Morgan fingerprint density at radius 2 is 2.19 bits per heavy atom. The highest BCUT2D eigenvalue weighted by Gasteiger charge is 2.17. The Morgan fingerprint density at radius 3 is 2.86 bits per heavy atom. The van der Waals surface area contributed by atoms with Crippen LogP contribution < -0.4 is 0 Å². The fourth-order valence-electron chi connectivity index (χ4n) is 1.97. The lowest BCUT2D eigenvalue weighted by atomic mass is 10.1. The summed E-state index contributed by atoms with van der Waals surface area (Å²) >= 11 is 8.51. The average Bonchev–Trinajstić information content (AvgIpc) is 2.48. The molecule has 2 rings (SSSR count). The molecule has 0 aliphatic carbocycles. The third kappa shape index (κ3) is 3.71. The van der Waals surface area contributed by atoms with Crippen LogP contribution in [-0.4, -0.2) is 27.4 Å². The number of H-pyrrole nitrogens is 1. The van der Waals surface area contributed by atoms with Gasteiger partial charge in [-0.2, -0.15) is 0 Å². The Kier molecular flexibility index (Phi) is 5.14. The predicted octanol–water partition coefficient (Wildman–Crippen LogP) is 3.87. The quantitative estimate of drug-likeness (QED) is 0.807. The first-order chi connectivity index (χ1) is 10.0. The SMILES string of the molecule is CCN(Cc1cc(Br)ccc1O)C(=O)c1ccc[nH]c1=S. The Labute approximate surface area is 136 Å². The van der Waals surface area contributed by atoms with Gasteiger partial charge in [-0.1, -0.05) is 28.1 Å². The third-order valence-corrected chi connectivity index (χ3v) is 3.95. The summed E-state index contributed by atoms with van der Waals surface area (Å²) in [5.41, 5.74) is 1.15. The zero-order valence-electron chi connectivity index (χ0n) is 11.5. The van der Waals surface area contributed by atoms with Crippen molar-refractivity contribution < 1.29 is 9.90 Å². The molecule has 0 aliphatic heterocycles. The number of aromatic nitrogens is 1. The number of aromatic hydroxyl groups is 1. The number of hydrogen-bond donors (Lipinski definition) is 2. The minimum Gasteiger partial charge on any atom is -0.508 e. The van der Waals surface area contributed by atoms with E-state index in [2.05, 4.69) is 20.9 Å². The maximum Gasteiger partial charge on any atom is 0.257 e. The molecule has 0 fully saturated rings. The molecular weight excluding hydrogens is 352 g/mol. The Hall–Kier alpha value is -1.66. The molecule has 0 aliphatic rings. The second kappa shape index (κ2) is 6.87. The smallest absolute Gasteiger partial charge is 0.257 e. The summed E-state index contributed by atoms with van der Waals surface area (Å²) in [4.78, 5) is 17.0.